The molecule has 176 valence electrons. The minimum Gasteiger partial charge on any atom is -0.465 e. The van der Waals surface area contributed by atoms with Crippen LogP contribution in [0.25, 0.3) is 0 Å². The minimum absolute atomic E-state index is 0.0615. The summed E-state index contributed by atoms with van der Waals surface area (Å²) in [5.74, 6) is -1.15. The predicted octanol–water partition coefficient (Wildman–Crippen LogP) is 1.54. The van der Waals surface area contributed by atoms with Crippen LogP contribution < -0.4 is 16.0 Å². The Bertz CT molecular complexity index is 847. The highest BCUT2D eigenvalue weighted by molar-refractivity contribution is 5.98. The molecule has 0 aromatic heterocycles. The molecular formula is C23H34N4O5. The molecule has 1 heterocycles. The van der Waals surface area contributed by atoms with Gasteiger partial charge in [-0.15, -0.1) is 0 Å². The molecule has 3 N–H and O–H groups in total. The zero-order valence-corrected chi connectivity index (χ0v) is 19.5. The quantitative estimate of drug-likeness (QED) is 0.522. The smallest absolute Gasteiger partial charge is 0.307 e. The van der Waals surface area contributed by atoms with Gasteiger partial charge in [0, 0.05) is 29.9 Å². The standard InChI is InChI=1S/C23H34N4O5/c1-15(2)14-32-20(29)12-18-22(31)24-9-10-27(18)13-19(28)25-17-8-6-7-16(11-17)21(30)26-23(3,4)5/h6-8,11,15,18H,9-10,12-14H2,1-5H3,(H,24,31)(H,25,28)(H,26,30). The van der Waals surface area contributed by atoms with Gasteiger partial charge in [-0.3, -0.25) is 24.1 Å². The lowest BCUT2D eigenvalue weighted by molar-refractivity contribution is -0.149. The van der Waals surface area contributed by atoms with Gasteiger partial charge < -0.3 is 20.7 Å². The number of esters is 1. The van der Waals surface area contributed by atoms with Gasteiger partial charge in [0.1, 0.15) is 6.04 Å². The summed E-state index contributed by atoms with van der Waals surface area (Å²) in [6.07, 6.45) is -0.117. The second-order valence-corrected chi connectivity index (χ2v) is 9.39. The lowest BCUT2D eigenvalue weighted by atomic mass is 10.1. The first-order valence-corrected chi connectivity index (χ1v) is 10.8. The van der Waals surface area contributed by atoms with E-state index in [0.29, 0.717) is 24.3 Å². The van der Waals surface area contributed by atoms with Crippen LogP contribution in [0.15, 0.2) is 24.3 Å². The van der Waals surface area contributed by atoms with E-state index in [1.165, 1.54) is 0 Å². The summed E-state index contributed by atoms with van der Waals surface area (Å²) in [6.45, 7) is 10.6. The van der Waals surface area contributed by atoms with Crippen LogP contribution in [0, 0.1) is 5.92 Å². The predicted molar refractivity (Wildman–Crippen MR) is 121 cm³/mol. The summed E-state index contributed by atoms with van der Waals surface area (Å²) >= 11 is 0. The lowest BCUT2D eigenvalue weighted by Gasteiger charge is -2.33. The highest BCUT2D eigenvalue weighted by Crippen LogP contribution is 2.14. The molecule has 1 unspecified atom stereocenters. The van der Waals surface area contributed by atoms with Crippen molar-refractivity contribution >= 4 is 29.4 Å². The third-order valence-electron chi connectivity index (χ3n) is 4.62. The molecule has 3 amide bonds. The SMILES string of the molecule is CC(C)COC(=O)CC1C(=O)NCCN1CC(=O)Nc1cccc(C(=O)NC(C)(C)C)c1. The normalized spacial score (nSPS) is 16.9. The summed E-state index contributed by atoms with van der Waals surface area (Å²) in [6, 6.07) is 5.88. The topological polar surface area (TPSA) is 117 Å². The third kappa shape index (κ3) is 8.30. The number of amides is 3. The van der Waals surface area contributed by atoms with Crippen molar-refractivity contribution in [1.29, 1.82) is 0 Å². The largest absolute Gasteiger partial charge is 0.465 e. The summed E-state index contributed by atoms with van der Waals surface area (Å²) in [5.41, 5.74) is 0.531. The summed E-state index contributed by atoms with van der Waals surface area (Å²) in [7, 11) is 0. The van der Waals surface area contributed by atoms with Crippen molar-refractivity contribution in [3.63, 3.8) is 0 Å². The van der Waals surface area contributed by atoms with Gasteiger partial charge in [-0.2, -0.15) is 0 Å². The van der Waals surface area contributed by atoms with Crippen LogP contribution in [0.4, 0.5) is 5.69 Å². The molecule has 1 saturated heterocycles. The average Bonchev–Trinajstić information content (AvgIpc) is 2.68. The molecule has 2 rings (SSSR count). The average molecular weight is 447 g/mol. The Hall–Kier alpha value is -2.94. The van der Waals surface area contributed by atoms with E-state index in [1.807, 2.05) is 34.6 Å². The van der Waals surface area contributed by atoms with Gasteiger partial charge in [0.15, 0.2) is 0 Å². The van der Waals surface area contributed by atoms with Crippen LogP contribution in [0.3, 0.4) is 0 Å². The van der Waals surface area contributed by atoms with E-state index >= 15 is 0 Å². The van der Waals surface area contributed by atoms with Gasteiger partial charge in [-0.05, 0) is 44.9 Å². The first-order chi connectivity index (χ1) is 14.9. The van der Waals surface area contributed by atoms with Crippen molar-refractivity contribution in [1.82, 2.24) is 15.5 Å². The fourth-order valence-electron chi connectivity index (χ4n) is 3.19. The molecule has 1 fully saturated rings. The first-order valence-electron chi connectivity index (χ1n) is 10.8. The number of nitrogens with zero attached hydrogens (tertiary/aromatic N) is 1. The van der Waals surface area contributed by atoms with Crippen molar-refractivity contribution < 1.29 is 23.9 Å². The van der Waals surface area contributed by atoms with Crippen molar-refractivity contribution in [2.45, 2.75) is 52.6 Å². The number of carbonyl (C=O) groups is 4. The molecular weight excluding hydrogens is 412 g/mol. The van der Waals surface area contributed by atoms with Crippen LogP contribution in [0.2, 0.25) is 0 Å². The minimum atomic E-state index is -0.766. The molecule has 1 atom stereocenters. The molecule has 0 bridgehead atoms. The van der Waals surface area contributed by atoms with Crippen molar-refractivity contribution in [3.8, 4) is 0 Å². The number of anilines is 1. The molecule has 0 radical (unpaired) electrons. The molecule has 0 aliphatic carbocycles. The second kappa shape index (κ2) is 11.1. The summed E-state index contributed by atoms with van der Waals surface area (Å²) in [4.78, 5) is 51.1. The molecule has 0 saturated carbocycles. The molecule has 9 nitrogen and oxygen atoms in total. The van der Waals surface area contributed by atoms with E-state index in [2.05, 4.69) is 16.0 Å². The molecule has 1 aliphatic rings. The van der Waals surface area contributed by atoms with E-state index in [0.717, 1.165) is 0 Å². The molecule has 9 heteroatoms. The van der Waals surface area contributed by atoms with Crippen LogP contribution in [-0.2, 0) is 19.1 Å². The Morgan fingerprint density at radius 3 is 2.62 bits per heavy atom. The second-order valence-electron chi connectivity index (χ2n) is 9.39. The Kier molecular flexibility index (Phi) is 8.77. The number of nitrogens with one attached hydrogen (secondary N) is 3. The van der Waals surface area contributed by atoms with Gasteiger partial charge in [0.05, 0.1) is 19.6 Å². The van der Waals surface area contributed by atoms with E-state index < -0.39 is 12.0 Å². The summed E-state index contributed by atoms with van der Waals surface area (Å²) in [5, 5.41) is 8.38. The van der Waals surface area contributed by atoms with Crippen LogP contribution in [-0.4, -0.2) is 66.4 Å². The number of benzene rings is 1. The number of piperazine rings is 1. The highest BCUT2D eigenvalue weighted by Gasteiger charge is 2.33. The molecule has 1 aromatic carbocycles. The number of hydrogen-bond acceptors (Lipinski definition) is 6. The Morgan fingerprint density at radius 2 is 1.97 bits per heavy atom. The Balaban J connectivity index is 1.99. The van der Waals surface area contributed by atoms with Gasteiger partial charge in [0.2, 0.25) is 11.8 Å². The zero-order chi connectivity index (χ0) is 23.9. The maximum Gasteiger partial charge on any atom is 0.307 e. The first kappa shape index (κ1) is 25.3. The van der Waals surface area contributed by atoms with E-state index in [1.54, 1.807) is 29.2 Å². The molecule has 0 spiro atoms. The lowest BCUT2D eigenvalue weighted by Crippen LogP contribution is -2.57. The highest BCUT2D eigenvalue weighted by atomic mass is 16.5. The summed E-state index contributed by atoms with van der Waals surface area (Å²) < 4.78 is 5.19. The van der Waals surface area contributed by atoms with Crippen molar-refractivity contribution in [3.05, 3.63) is 29.8 Å². The molecule has 32 heavy (non-hydrogen) atoms. The van der Waals surface area contributed by atoms with E-state index in [-0.39, 0.29) is 48.8 Å². The number of hydrogen-bond donors (Lipinski definition) is 3. The van der Waals surface area contributed by atoms with Gasteiger partial charge in [-0.1, -0.05) is 19.9 Å². The van der Waals surface area contributed by atoms with Gasteiger partial charge >= 0.3 is 5.97 Å². The molecule has 1 aliphatic heterocycles. The fraction of sp³-hybridized carbons (Fsp3) is 0.565. The van der Waals surface area contributed by atoms with Crippen molar-refractivity contribution in [2.75, 3.05) is 31.6 Å². The van der Waals surface area contributed by atoms with Crippen LogP contribution in [0.5, 0.6) is 0 Å². The third-order valence-corrected chi connectivity index (χ3v) is 4.62. The van der Waals surface area contributed by atoms with Crippen LogP contribution in [0.1, 0.15) is 51.4 Å². The maximum atomic E-state index is 12.6. The van der Waals surface area contributed by atoms with Gasteiger partial charge in [-0.25, -0.2) is 0 Å². The van der Waals surface area contributed by atoms with Gasteiger partial charge in [0.25, 0.3) is 5.91 Å². The number of rotatable bonds is 8. The monoisotopic (exact) mass is 446 g/mol. The van der Waals surface area contributed by atoms with Crippen LogP contribution >= 0.6 is 0 Å². The number of ether oxygens (including phenoxy) is 1. The number of carbonyl (C=O) groups excluding carboxylic acids is 4. The fourth-order valence-corrected chi connectivity index (χ4v) is 3.19. The van der Waals surface area contributed by atoms with E-state index in [4.69, 9.17) is 4.74 Å². The maximum absolute atomic E-state index is 12.6. The Labute approximate surface area is 189 Å². The van der Waals surface area contributed by atoms with Crippen molar-refractivity contribution in [2.24, 2.45) is 5.92 Å². The zero-order valence-electron chi connectivity index (χ0n) is 19.5. The molecule has 1 aromatic rings. The Morgan fingerprint density at radius 1 is 1.25 bits per heavy atom. The van der Waals surface area contributed by atoms with E-state index in [9.17, 15) is 19.2 Å².